The zero-order chi connectivity index (χ0) is 41.5. The molecule has 0 aliphatic heterocycles. The van der Waals surface area contributed by atoms with Crippen molar-refractivity contribution in [1.82, 2.24) is 10.6 Å². The van der Waals surface area contributed by atoms with E-state index in [1.165, 1.54) is 12.1 Å². The van der Waals surface area contributed by atoms with Crippen LogP contribution in [-0.2, 0) is 58.1 Å². The number of carbonyl (C=O) groups excluding carboxylic acids is 4. The molecular weight excluding hydrogens is 776 g/mol. The van der Waals surface area contributed by atoms with Crippen LogP contribution in [0.1, 0.15) is 63.5 Å². The van der Waals surface area contributed by atoms with E-state index in [4.69, 9.17) is 9.47 Å². The summed E-state index contributed by atoms with van der Waals surface area (Å²) in [5.41, 5.74) is -0.186. The standard InChI is InChI=1S/2C17H20F2NO3.2C5H5.Ti/c2*1-3-5-6-16(21)20-11-13(17(22)23-4-2)9-12-7-8-14(18)10-15(12)19;2*1-2-4-5-3-1;/h2*3,7-8,13H,1,4-6,9,11H2,2H3,(H,20,21);2*1-3H,4H2;. The predicted octanol–water partition coefficient (Wildman–Crippen LogP) is 6.64. The molecule has 2 unspecified atom stereocenters. The SMILES string of the molecule is C=CCCC(=O)NCC(Cc1ccc(F)[c]([Ti]([C]2=CC=CC2)([C]2=CC=CC2)[c]2c(F)ccc(CC(CNC(=O)CCC=C)C(=O)OCC)c2F)c1F)C(=O)OCC. The molecule has 2 aliphatic carbocycles. The molecule has 0 saturated heterocycles. The van der Waals surface area contributed by atoms with Gasteiger partial charge in [-0.2, -0.15) is 0 Å². The van der Waals surface area contributed by atoms with Gasteiger partial charge in [0.1, 0.15) is 0 Å². The molecule has 304 valence electrons. The molecule has 0 radical (unpaired) electrons. The molecule has 8 nitrogen and oxygen atoms in total. The summed E-state index contributed by atoms with van der Waals surface area (Å²) >= 11 is -5.32. The van der Waals surface area contributed by atoms with Crippen molar-refractivity contribution in [2.45, 2.75) is 65.2 Å². The number of benzene rings is 2. The third kappa shape index (κ3) is 10.8. The monoisotopic (exact) mass is 826 g/mol. The average Bonchev–Trinajstić information content (AvgIpc) is 3.94. The van der Waals surface area contributed by atoms with E-state index in [-0.39, 0.29) is 87.8 Å². The average molecular weight is 827 g/mol. The van der Waals surface area contributed by atoms with E-state index in [0.717, 1.165) is 12.1 Å². The fraction of sp³-hybridized carbons (Fsp3) is 0.364. The fourth-order valence-electron chi connectivity index (χ4n) is 7.26. The van der Waals surface area contributed by atoms with Gasteiger partial charge in [-0.1, -0.05) is 0 Å². The number of rotatable bonds is 22. The first-order valence-electron chi connectivity index (χ1n) is 19.2. The van der Waals surface area contributed by atoms with Crippen LogP contribution in [0.5, 0.6) is 0 Å². The predicted molar refractivity (Wildman–Crippen MR) is 208 cm³/mol. The molecule has 2 aliphatic rings. The zero-order valence-corrected chi connectivity index (χ0v) is 34.0. The van der Waals surface area contributed by atoms with Gasteiger partial charge in [-0.25, -0.2) is 0 Å². The maximum absolute atomic E-state index is 17.5. The van der Waals surface area contributed by atoms with Crippen LogP contribution in [0.4, 0.5) is 17.6 Å². The molecule has 0 heterocycles. The van der Waals surface area contributed by atoms with E-state index in [2.05, 4.69) is 23.8 Å². The summed E-state index contributed by atoms with van der Waals surface area (Å²) in [7, 11) is 0. The molecule has 2 aromatic carbocycles. The van der Waals surface area contributed by atoms with Crippen molar-refractivity contribution >= 4 is 31.5 Å². The second kappa shape index (κ2) is 21.6. The zero-order valence-electron chi connectivity index (χ0n) is 32.4. The normalized spacial score (nSPS) is 14.4. The first-order chi connectivity index (χ1) is 27.4. The Balaban J connectivity index is 1.91. The summed E-state index contributed by atoms with van der Waals surface area (Å²) < 4.78 is 79.1. The third-order valence-corrected chi connectivity index (χ3v) is 18.0. The first-order valence-corrected chi connectivity index (χ1v) is 22.3. The summed E-state index contributed by atoms with van der Waals surface area (Å²) in [5, 5.41) is 5.36. The molecular formula is C44H50F4N2O6Ti. The van der Waals surface area contributed by atoms with Crippen molar-refractivity contribution in [2.24, 2.45) is 11.8 Å². The van der Waals surface area contributed by atoms with E-state index in [1.807, 2.05) is 0 Å². The van der Waals surface area contributed by atoms with Gasteiger partial charge in [0, 0.05) is 0 Å². The second-order valence-corrected chi connectivity index (χ2v) is 19.7. The van der Waals surface area contributed by atoms with Gasteiger partial charge in [-0.15, -0.1) is 0 Å². The number of hydrogen-bond acceptors (Lipinski definition) is 6. The van der Waals surface area contributed by atoms with E-state index in [0.29, 0.717) is 20.6 Å². The molecule has 0 fully saturated rings. The fourth-order valence-corrected chi connectivity index (χ4v) is 15.6. The summed E-state index contributed by atoms with van der Waals surface area (Å²) in [5.74, 6) is -8.35. The molecule has 57 heavy (non-hydrogen) atoms. The second-order valence-electron chi connectivity index (χ2n) is 13.8. The van der Waals surface area contributed by atoms with Gasteiger partial charge in [0.05, 0.1) is 0 Å². The van der Waals surface area contributed by atoms with Gasteiger partial charge < -0.3 is 0 Å². The Morgan fingerprint density at radius 1 is 0.702 bits per heavy atom. The Labute approximate surface area is 335 Å². The molecule has 2 atom stereocenters. The Hall–Kier alpha value is -4.81. The van der Waals surface area contributed by atoms with Gasteiger partial charge in [0.25, 0.3) is 0 Å². The molecule has 0 spiro atoms. The van der Waals surface area contributed by atoms with Crippen LogP contribution >= 0.6 is 0 Å². The number of halogens is 4. The van der Waals surface area contributed by atoms with Gasteiger partial charge in [0.15, 0.2) is 0 Å². The Morgan fingerprint density at radius 3 is 1.44 bits per heavy atom. The number of ether oxygens (including phenoxy) is 2. The van der Waals surface area contributed by atoms with Crippen LogP contribution < -0.4 is 18.4 Å². The van der Waals surface area contributed by atoms with Crippen LogP contribution in [-0.4, -0.2) is 50.1 Å². The van der Waals surface area contributed by atoms with Crippen LogP contribution in [0.3, 0.4) is 0 Å². The van der Waals surface area contributed by atoms with Crippen molar-refractivity contribution in [3.05, 3.63) is 128 Å². The molecule has 0 aromatic heterocycles. The topological polar surface area (TPSA) is 111 Å². The minimum atomic E-state index is -5.32. The molecule has 4 rings (SSSR count). The van der Waals surface area contributed by atoms with E-state index in [1.54, 1.807) is 62.5 Å². The summed E-state index contributed by atoms with van der Waals surface area (Å²) in [6.07, 6.45) is 14.2. The maximum atomic E-state index is 17.5. The number of amides is 2. The molecule has 2 N–H and O–H groups in total. The van der Waals surface area contributed by atoms with Crippen molar-refractivity contribution in [1.29, 1.82) is 0 Å². The van der Waals surface area contributed by atoms with Crippen LogP contribution in [0.15, 0.2) is 93.8 Å². The Bertz CT molecular complexity index is 1830. The van der Waals surface area contributed by atoms with Gasteiger partial charge in [-0.3, -0.25) is 0 Å². The Morgan fingerprint density at radius 2 is 1.11 bits per heavy atom. The third-order valence-electron chi connectivity index (χ3n) is 10.0. The number of nitrogens with one attached hydrogen (secondary N) is 2. The van der Waals surface area contributed by atoms with Crippen LogP contribution in [0, 0.1) is 35.1 Å². The van der Waals surface area contributed by atoms with E-state index in [9.17, 15) is 19.2 Å². The van der Waals surface area contributed by atoms with Gasteiger partial charge in [0.2, 0.25) is 0 Å². The number of allylic oxidation sites excluding steroid dienone is 10. The minimum absolute atomic E-state index is 0.0191. The van der Waals surface area contributed by atoms with Crippen LogP contribution in [0.25, 0.3) is 0 Å². The van der Waals surface area contributed by atoms with E-state index < -0.39 is 71.4 Å². The van der Waals surface area contributed by atoms with Crippen LogP contribution in [0.2, 0.25) is 0 Å². The van der Waals surface area contributed by atoms with Crippen molar-refractivity contribution < 1.29 is 62.8 Å². The van der Waals surface area contributed by atoms with E-state index >= 15 is 17.6 Å². The first kappa shape index (κ1) is 44.9. The number of hydrogen-bond donors (Lipinski definition) is 2. The molecule has 0 saturated carbocycles. The number of esters is 2. The summed E-state index contributed by atoms with van der Waals surface area (Å²) in [4.78, 5) is 51.2. The molecule has 0 bridgehead atoms. The van der Waals surface area contributed by atoms with Crippen molar-refractivity contribution in [2.75, 3.05) is 26.3 Å². The van der Waals surface area contributed by atoms with Crippen molar-refractivity contribution in [3.8, 4) is 0 Å². The summed E-state index contributed by atoms with van der Waals surface area (Å²) in [6.45, 7) is 10.1. The molecule has 2 amide bonds. The van der Waals surface area contributed by atoms with Crippen molar-refractivity contribution in [3.63, 3.8) is 0 Å². The molecule has 13 heteroatoms. The van der Waals surface area contributed by atoms with Gasteiger partial charge >= 0.3 is 336 Å². The van der Waals surface area contributed by atoms with Gasteiger partial charge in [-0.05, 0) is 0 Å². The quantitative estimate of drug-likeness (QED) is 0.0597. The number of carbonyl (C=O) groups is 4. The summed E-state index contributed by atoms with van der Waals surface area (Å²) in [6, 6.07) is 4.50. The molecule has 2 aromatic rings. The Kier molecular flexibility index (Phi) is 17.1.